The first-order chi connectivity index (χ1) is 14.0. The normalized spacial score (nSPS) is 13.7. The third-order valence-corrected chi connectivity index (χ3v) is 4.46. The van der Waals surface area contributed by atoms with Crippen molar-refractivity contribution in [3.63, 3.8) is 0 Å². The molecule has 1 aliphatic rings. The first-order valence-electron chi connectivity index (χ1n) is 8.90. The van der Waals surface area contributed by atoms with E-state index in [1.54, 1.807) is 62.7 Å². The lowest BCUT2D eigenvalue weighted by atomic mass is 10.0. The molecular formula is C23H17NO5. The SMILES string of the molecule is COc1ccc(/C=C2\Oc3cc(OC(=O)c4cccnc4)cc(C)c3C2=O)cc1. The van der Waals surface area contributed by atoms with E-state index in [1.807, 2.05) is 12.1 Å². The average Bonchev–Trinajstić information content (AvgIpc) is 3.04. The number of esters is 1. The van der Waals surface area contributed by atoms with E-state index in [4.69, 9.17) is 14.2 Å². The highest BCUT2D eigenvalue weighted by atomic mass is 16.5. The molecule has 144 valence electrons. The number of hydrogen-bond acceptors (Lipinski definition) is 6. The van der Waals surface area contributed by atoms with Gasteiger partial charge in [-0.1, -0.05) is 12.1 Å². The van der Waals surface area contributed by atoms with Gasteiger partial charge in [0.15, 0.2) is 5.76 Å². The lowest BCUT2D eigenvalue weighted by Gasteiger charge is -2.07. The molecule has 0 aliphatic carbocycles. The minimum Gasteiger partial charge on any atom is -0.497 e. The van der Waals surface area contributed by atoms with Crippen LogP contribution in [0.2, 0.25) is 0 Å². The number of benzene rings is 2. The van der Waals surface area contributed by atoms with Gasteiger partial charge in [-0.3, -0.25) is 9.78 Å². The Balaban J connectivity index is 1.59. The molecule has 0 saturated heterocycles. The van der Waals surface area contributed by atoms with Crippen molar-refractivity contribution in [3.8, 4) is 17.2 Å². The molecule has 6 heteroatoms. The quantitative estimate of drug-likeness (QED) is 0.379. The smallest absolute Gasteiger partial charge is 0.345 e. The van der Waals surface area contributed by atoms with E-state index in [2.05, 4.69) is 4.98 Å². The molecule has 2 aromatic carbocycles. The van der Waals surface area contributed by atoms with Crippen LogP contribution >= 0.6 is 0 Å². The fraction of sp³-hybridized carbons (Fsp3) is 0.0870. The molecule has 0 bridgehead atoms. The molecule has 3 aromatic rings. The predicted octanol–water partition coefficient (Wildman–Crippen LogP) is 4.23. The van der Waals surface area contributed by atoms with Crippen LogP contribution in [0.5, 0.6) is 17.2 Å². The van der Waals surface area contributed by atoms with Crippen LogP contribution < -0.4 is 14.2 Å². The van der Waals surface area contributed by atoms with E-state index in [9.17, 15) is 9.59 Å². The van der Waals surface area contributed by atoms with E-state index in [1.165, 1.54) is 6.20 Å². The third-order valence-electron chi connectivity index (χ3n) is 4.46. The van der Waals surface area contributed by atoms with E-state index in [0.29, 0.717) is 28.2 Å². The van der Waals surface area contributed by atoms with Gasteiger partial charge in [-0.25, -0.2) is 4.79 Å². The van der Waals surface area contributed by atoms with Gasteiger partial charge < -0.3 is 14.2 Å². The van der Waals surface area contributed by atoms with Crippen LogP contribution in [-0.2, 0) is 0 Å². The van der Waals surface area contributed by atoms with Gasteiger partial charge in [0.1, 0.15) is 17.2 Å². The summed E-state index contributed by atoms with van der Waals surface area (Å²) in [6.45, 7) is 1.78. The van der Waals surface area contributed by atoms with Crippen LogP contribution in [0.3, 0.4) is 0 Å². The number of Topliss-reactive ketones (excluding diaryl/α,β-unsaturated/α-hetero) is 1. The van der Waals surface area contributed by atoms with Gasteiger partial charge in [-0.15, -0.1) is 0 Å². The van der Waals surface area contributed by atoms with Crippen LogP contribution in [0.1, 0.15) is 31.8 Å². The van der Waals surface area contributed by atoms with E-state index in [0.717, 1.165) is 11.3 Å². The molecule has 1 aliphatic heterocycles. The van der Waals surface area contributed by atoms with Crippen molar-refractivity contribution >= 4 is 17.8 Å². The fourth-order valence-electron chi connectivity index (χ4n) is 3.04. The molecule has 29 heavy (non-hydrogen) atoms. The number of carbonyl (C=O) groups is 2. The number of allylic oxidation sites excluding steroid dienone is 1. The average molecular weight is 387 g/mol. The molecule has 0 N–H and O–H groups in total. The Bertz CT molecular complexity index is 1120. The summed E-state index contributed by atoms with van der Waals surface area (Å²) in [5, 5.41) is 0. The number of aryl methyl sites for hydroxylation is 1. The highest BCUT2D eigenvalue weighted by Crippen LogP contribution is 2.37. The van der Waals surface area contributed by atoms with Gasteiger partial charge in [-0.2, -0.15) is 0 Å². The molecule has 0 saturated carbocycles. The Morgan fingerprint density at radius 2 is 1.90 bits per heavy atom. The first kappa shape index (κ1) is 18.4. The molecule has 0 fully saturated rings. The molecule has 2 heterocycles. The highest BCUT2D eigenvalue weighted by molar-refractivity contribution is 6.15. The zero-order valence-corrected chi connectivity index (χ0v) is 15.8. The number of ketones is 1. The Morgan fingerprint density at radius 3 is 2.59 bits per heavy atom. The van der Waals surface area contributed by atoms with E-state index >= 15 is 0 Å². The number of pyridine rings is 1. The monoisotopic (exact) mass is 387 g/mol. The number of rotatable bonds is 4. The van der Waals surface area contributed by atoms with Crippen LogP contribution in [0, 0.1) is 6.92 Å². The predicted molar refractivity (Wildman–Crippen MR) is 106 cm³/mol. The molecule has 6 nitrogen and oxygen atoms in total. The minimum atomic E-state index is -0.532. The lowest BCUT2D eigenvalue weighted by Crippen LogP contribution is -2.09. The summed E-state index contributed by atoms with van der Waals surface area (Å²) in [5.41, 5.74) is 2.27. The van der Waals surface area contributed by atoms with Gasteiger partial charge in [0.05, 0.1) is 18.2 Å². The fourth-order valence-corrected chi connectivity index (χ4v) is 3.04. The zero-order valence-electron chi connectivity index (χ0n) is 15.8. The maximum Gasteiger partial charge on any atom is 0.345 e. The summed E-state index contributed by atoms with van der Waals surface area (Å²) >= 11 is 0. The number of methoxy groups -OCH3 is 1. The van der Waals surface area contributed by atoms with Crippen molar-refractivity contribution in [2.75, 3.05) is 7.11 Å². The summed E-state index contributed by atoms with van der Waals surface area (Å²) in [5.74, 6) is 0.862. The number of fused-ring (bicyclic) bond motifs is 1. The van der Waals surface area contributed by atoms with Crippen molar-refractivity contribution in [1.29, 1.82) is 0 Å². The number of hydrogen-bond donors (Lipinski definition) is 0. The number of nitrogens with zero attached hydrogens (tertiary/aromatic N) is 1. The first-order valence-corrected chi connectivity index (χ1v) is 8.90. The van der Waals surface area contributed by atoms with Crippen LogP contribution in [-0.4, -0.2) is 23.8 Å². The summed E-state index contributed by atoms with van der Waals surface area (Å²) in [6, 6.07) is 13.7. The molecule has 0 spiro atoms. The van der Waals surface area contributed by atoms with Crippen molar-refractivity contribution in [1.82, 2.24) is 4.98 Å². The number of carbonyl (C=O) groups excluding carboxylic acids is 2. The largest absolute Gasteiger partial charge is 0.497 e. The highest BCUT2D eigenvalue weighted by Gasteiger charge is 2.30. The molecule has 0 atom stereocenters. The second kappa shape index (κ2) is 7.59. The molecule has 0 amide bonds. The summed E-state index contributed by atoms with van der Waals surface area (Å²) in [6.07, 6.45) is 4.67. The Hall–Kier alpha value is -3.93. The minimum absolute atomic E-state index is 0.210. The maximum absolute atomic E-state index is 12.8. The van der Waals surface area contributed by atoms with Gasteiger partial charge in [0, 0.05) is 18.5 Å². The standard InChI is InChI=1S/C23H17NO5/c1-14-10-18(28-23(26)16-4-3-9-24-13-16)12-19-21(14)22(25)20(29-19)11-15-5-7-17(27-2)8-6-15/h3-13H,1-2H3/b20-11-. The lowest BCUT2D eigenvalue weighted by molar-refractivity contribution is 0.0734. The van der Waals surface area contributed by atoms with E-state index < -0.39 is 5.97 Å². The van der Waals surface area contributed by atoms with Crippen molar-refractivity contribution in [2.24, 2.45) is 0 Å². The zero-order chi connectivity index (χ0) is 20.4. The second-order valence-electron chi connectivity index (χ2n) is 6.46. The van der Waals surface area contributed by atoms with Gasteiger partial charge in [0.2, 0.25) is 5.78 Å². The van der Waals surface area contributed by atoms with Crippen LogP contribution in [0.4, 0.5) is 0 Å². The number of aromatic nitrogens is 1. The van der Waals surface area contributed by atoms with Crippen molar-refractivity contribution in [2.45, 2.75) is 6.92 Å². The second-order valence-corrected chi connectivity index (χ2v) is 6.46. The van der Waals surface area contributed by atoms with Crippen molar-refractivity contribution in [3.05, 3.63) is 88.9 Å². The summed E-state index contributed by atoms with van der Waals surface area (Å²) in [7, 11) is 1.59. The van der Waals surface area contributed by atoms with Gasteiger partial charge in [-0.05, 0) is 54.5 Å². The van der Waals surface area contributed by atoms with Crippen LogP contribution in [0.25, 0.3) is 6.08 Å². The molecule has 0 unspecified atom stereocenters. The molecular weight excluding hydrogens is 370 g/mol. The maximum atomic E-state index is 12.8. The Labute approximate surface area is 167 Å². The summed E-state index contributed by atoms with van der Waals surface area (Å²) in [4.78, 5) is 28.9. The Morgan fingerprint density at radius 1 is 1.10 bits per heavy atom. The third kappa shape index (κ3) is 3.73. The topological polar surface area (TPSA) is 74.7 Å². The Kier molecular flexibility index (Phi) is 4.83. The molecule has 4 rings (SSSR count). The molecule has 1 aromatic heterocycles. The van der Waals surface area contributed by atoms with Gasteiger partial charge >= 0.3 is 5.97 Å². The van der Waals surface area contributed by atoms with Gasteiger partial charge in [0.25, 0.3) is 0 Å². The van der Waals surface area contributed by atoms with Crippen LogP contribution in [0.15, 0.2) is 66.7 Å². The molecule has 0 radical (unpaired) electrons. The number of ether oxygens (including phenoxy) is 3. The summed E-state index contributed by atoms with van der Waals surface area (Å²) < 4.78 is 16.3. The van der Waals surface area contributed by atoms with E-state index in [-0.39, 0.29) is 11.5 Å². The van der Waals surface area contributed by atoms with Crippen molar-refractivity contribution < 1.29 is 23.8 Å².